The van der Waals surface area contributed by atoms with Crippen molar-refractivity contribution in [2.45, 2.75) is 19.8 Å². The average Bonchev–Trinajstić information content (AvgIpc) is 2.28. The number of benzene rings is 1. The second-order valence-electron chi connectivity index (χ2n) is 3.79. The van der Waals surface area contributed by atoms with Gasteiger partial charge in [0.1, 0.15) is 0 Å². The summed E-state index contributed by atoms with van der Waals surface area (Å²) in [5.41, 5.74) is 3.86. The van der Waals surface area contributed by atoms with Crippen molar-refractivity contribution < 1.29 is 0 Å². The lowest BCUT2D eigenvalue weighted by atomic mass is 10.1. The molecule has 1 aromatic heterocycles. The molecular formula is C14H16BrN. The van der Waals surface area contributed by atoms with Gasteiger partial charge in [-0.25, -0.2) is 0 Å². The van der Waals surface area contributed by atoms with Crippen molar-refractivity contribution in [2.24, 2.45) is 0 Å². The van der Waals surface area contributed by atoms with Crippen LogP contribution < -0.4 is 0 Å². The Morgan fingerprint density at radius 3 is 2.31 bits per heavy atom. The van der Waals surface area contributed by atoms with E-state index in [4.69, 9.17) is 0 Å². The van der Waals surface area contributed by atoms with Crippen LogP contribution in [-0.2, 0) is 12.8 Å². The van der Waals surface area contributed by atoms with Crippen LogP contribution in [0.3, 0.4) is 0 Å². The van der Waals surface area contributed by atoms with E-state index in [1.807, 2.05) is 13.1 Å². The normalized spacial score (nSPS) is 9.56. The van der Waals surface area contributed by atoms with Gasteiger partial charge in [-0.2, -0.15) is 0 Å². The Hall–Kier alpha value is -1.15. The Morgan fingerprint density at radius 2 is 1.62 bits per heavy atom. The van der Waals surface area contributed by atoms with Gasteiger partial charge in [0.15, 0.2) is 0 Å². The van der Waals surface area contributed by atoms with E-state index in [0.717, 1.165) is 18.5 Å². The summed E-state index contributed by atoms with van der Waals surface area (Å²) in [6.07, 6.45) is 4.08. The number of pyridine rings is 1. The van der Waals surface area contributed by atoms with Crippen molar-refractivity contribution in [3.8, 4) is 0 Å². The Labute approximate surface area is 107 Å². The molecule has 0 fully saturated rings. The van der Waals surface area contributed by atoms with E-state index >= 15 is 0 Å². The lowest BCUT2D eigenvalue weighted by Crippen LogP contribution is -1.92. The van der Waals surface area contributed by atoms with Gasteiger partial charge in [-0.1, -0.05) is 30.3 Å². The molecule has 2 rings (SSSR count). The number of rotatable bonds is 3. The third-order valence-electron chi connectivity index (χ3n) is 2.51. The molecule has 0 aliphatic heterocycles. The second kappa shape index (κ2) is 6.44. The Balaban J connectivity index is 0.00000128. The Kier molecular flexibility index (Phi) is 5.20. The minimum Gasteiger partial charge on any atom is -0.262 e. The molecule has 2 heteroatoms. The SMILES string of the molecule is Br.Cc1cc(CCc2ccccc2)ccn1. The van der Waals surface area contributed by atoms with Crippen LogP contribution >= 0.6 is 17.0 Å². The first-order valence-corrected chi connectivity index (χ1v) is 5.30. The standard InChI is InChI=1S/C14H15N.BrH/c1-12-11-14(9-10-15-12)8-7-13-5-3-2-4-6-13;/h2-6,9-11H,7-8H2,1H3;1H. The zero-order valence-corrected chi connectivity index (χ0v) is 11.1. The first-order valence-electron chi connectivity index (χ1n) is 5.30. The first kappa shape index (κ1) is 12.9. The molecule has 0 aliphatic rings. The second-order valence-corrected chi connectivity index (χ2v) is 3.79. The van der Waals surface area contributed by atoms with Gasteiger partial charge in [-0.15, -0.1) is 17.0 Å². The van der Waals surface area contributed by atoms with Crippen LogP contribution in [0.15, 0.2) is 48.7 Å². The lowest BCUT2D eigenvalue weighted by Gasteiger charge is -2.02. The molecule has 0 atom stereocenters. The highest BCUT2D eigenvalue weighted by Gasteiger charge is 1.95. The molecule has 1 nitrogen and oxygen atoms in total. The van der Waals surface area contributed by atoms with E-state index in [9.17, 15) is 0 Å². The minimum absolute atomic E-state index is 0. The topological polar surface area (TPSA) is 12.9 Å². The maximum atomic E-state index is 4.19. The molecule has 0 amide bonds. The number of aromatic nitrogens is 1. The molecule has 0 aliphatic carbocycles. The van der Waals surface area contributed by atoms with Crippen molar-refractivity contribution >= 4 is 17.0 Å². The molecule has 0 radical (unpaired) electrons. The van der Waals surface area contributed by atoms with Crippen LogP contribution in [0.4, 0.5) is 0 Å². The van der Waals surface area contributed by atoms with Gasteiger partial charge in [0, 0.05) is 11.9 Å². The summed E-state index contributed by atoms with van der Waals surface area (Å²) >= 11 is 0. The number of halogens is 1. The lowest BCUT2D eigenvalue weighted by molar-refractivity contribution is 0.950. The molecule has 0 saturated carbocycles. The molecular weight excluding hydrogens is 262 g/mol. The fraction of sp³-hybridized carbons (Fsp3) is 0.214. The van der Waals surface area contributed by atoms with Crippen LogP contribution in [0.5, 0.6) is 0 Å². The third-order valence-corrected chi connectivity index (χ3v) is 2.51. The zero-order valence-electron chi connectivity index (χ0n) is 9.39. The molecule has 2 aromatic rings. The van der Waals surface area contributed by atoms with Gasteiger partial charge >= 0.3 is 0 Å². The number of hydrogen-bond donors (Lipinski definition) is 0. The Morgan fingerprint density at radius 1 is 0.938 bits per heavy atom. The van der Waals surface area contributed by atoms with Gasteiger partial charge in [0.05, 0.1) is 0 Å². The van der Waals surface area contributed by atoms with E-state index in [0.29, 0.717) is 0 Å². The molecule has 1 aromatic carbocycles. The maximum absolute atomic E-state index is 4.19. The molecule has 0 unspecified atom stereocenters. The summed E-state index contributed by atoms with van der Waals surface area (Å²) in [5, 5.41) is 0. The molecule has 0 saturated heterocycles. The summed E-state index contributed by atoms with van der Waals surface area (Å²) in [7, 11) is 0. The maximum Gasteiger partial charge on any atom is 0.0375 e. The van der Waals surface area contributed by atoms with Crippen LogP contribution in [0, 0.1) is 6.92 Å². The fourth-order valence-corrected chi connectivity index (χ4v) is 1.69. The number of nitrogens with zero attached hydrogens (tertiary/aromatic N) is 1. The summed E-state index contributed by atoms with van der Waals surface area (Å²) in [6, 6.07) is 14.8. The van der Waals surface area contributed by atoms with Gasteiger partial charge in [0.25, 0.3) is 0 Å². The zero-order chi connectivity index (χ0) is 10.5. The van der Waals surface area contributed by atoms with Crippen LogP contribution in [0.2, 0.25) is 0 Å². The quantitative estimate of drug-likeness (QED) is 0.833. The van der Waals surface area contributed by atoms with E-state index < -0.39 is 0 Å². The van der Waals surface area contributed by atoms with Crippen LogP contribution in [0.1, 0.15) is 16.8 Å². The van der Waals surface area contributed by atoms with Crippen molar-refractivity contribution in [3.05, 3.63) is 65.5 Å². The monoisotopic (exact) mass is 277 g/mol. The van der Waals surface area contributed by atoms with Crippen LogP contribution in [-0.4, -0.2) is 4.98 Å². The molecule has 84 valence electrons. The predicted octanol–water partition coefficient (Wildman–Crippen LogP) is 3.75. The summed E-state index contributed by atoms with van der Waals surface area (Å²) < 4.78 is 0. The molecule has 0 bridgehead atoms. The summed E-state index contributed by atoms with van der Waals surface area (Å²) in [5.74, 6) is 0. The third kappa shape index (κ3) is 3.78. The highest BCUT2D eigenvalue weighted by atomic mass is 79.9. The number of aryl methyl sites for hydroxylation is 3. The van der Waals surface area contributed by atoms with E-state index in [-0.39, 0.29) is 17.0 Å². The predicted molar refractivity (Wildman–Crippen MR) is 73.1 cm³/mol. The highest BCUT2D eigenvalue weighted by molar-refractivity contribution is 8.93. The van der Waals surface area contributed by atoms with E-state index in [2.05, 4.69) is 47.4 Å². The Bertz CT molecular complexity index is 426. The van der Waals surface area contributed by atoms with E-state index in [1.54, 1.807) is 0 Å². The minimum atomic E-state index is 0. The van der Waals surface area contributed by atoms with Crippen molar-refractivity contribution in [1.82, 2.24) is 4.98 Å². The van der Waals surface area contributed by atoms with Crippen molar-refractivity contribution in [3.63, 3.8) is 0 Å². The molecule has 1 heterocycles. The molecule has 16 heavy (non-hydrogen) atoms. The largest absolute Gasteiger partial charge is 0.262 e. The highest BCUT2D eigenvalue weighted by Crippen LogP contribution is 2.07. The van der Waals surface area contributed by atoms with Gasteiger partial charge in [-0.3, -0.25) is 4.98 Å². The number of hydrogen-bond acceptors (Lipinski definition) is 1. The first-order chi connectivity index (χ1) is 7.34. The van der Waals surface area contributed by atoms with Crippen molar-refractivity contribution in [1.29, 1.82) is 0 Å². The smallest absolute Gasteiger partial charge is 0.0375 e. The van der Waals surface area contributed by atoms with Crippen molar-refractivity contribution in [2.75, 3.05) is 0 Å². The fourth-order valence-electron chi connectivity index (χ4n) is 1.69. The van der Waals surface area contributed by atoms with Gasteiger partial charge in [-0.05, 0) is 43.0 Å². The summed E-state index contributed by atoms with van der Waals surface area (Å²) in [6.45, 7) is 2.03. The van der Waals surface area contributed by atoms with Gasteiger partial charge in [0.2, 0.25) is 0 Å². The summed E-state index contributed by atoms with van der Waals surface area (Å²) in [4.78, 5) is 4.19. The van der Waals surface area contributed by atoms with Gasteiger partial charge < -0.3 is 0 Å². The molecule has 0 N–H and O–H groups in total. The van der Waals surface area contributed by atoms with E-state index in [1.165, 1.54) is 11.1 Å². The molecule has 0 spiro atoms. The average molecular weight is 278 g/mol. The van der Waals surface area contributed by atoms with Crippen LogP contribution in [0.25, 0.3) is 0 Å².